The molecule has 4 rings (SSSR count). The molecule has 1 aromatic carbocycles. The van der Waals surface area contributed by atoms with E-state index in [0.29, 0.717) is 15.3 Å². The molecule has 1 aromatic heterocycles. The van der Waals surface area contributed by atoms with E-state index in [2.05, 4.69) is 9.62 Å². The maximum Gasteiger partial charge on any atom is 0.252 e. The van der Waals surface area contributed by atoms with Crippen LogP contribution in [0, 0.1) is 11.2 Å². The Labute approximate surface area is 174 Å². The van der Waals surface area contributed by atoms with Gasteiger partial charge in [-0.3, -0.25) is 0 Å². The van der Waals surface area contributed by atoms with Crippen LogP contribution in [0.1, 0.15) is 25.7 Å². The van der Waals surface area contributed by atoms with E-state index < -0.39 is 10.0 Å². The minimum atomic E-state index is -3.43. The number of hydrogen-bond acceptors (Lipinski definition) is 6. The van der Waals surface area contributed by atoms with Gasteiger partial charge in [0.15, 0.2) is 0 Å². The van der Waals surface area contributed by atoms with Crippen molar-refractivity contribution in [3.63, 3.8) is 0 Å². The third-order valence-corrected chi connectivity index (χ3v) is 9.96. The number of benzene rings is 1. The van der Waals surface area contributed by atoms with Gasteiger partial charge in [0.05, 0.1) is 15.6 Å². The number of hydrogen-bond donors (Lipinski definition) is 1. The standard InChI is InChI=1S/C19H24FN3O2S3/c1-22(2)28(24,25)17-7-6-16(26-17)27-21-15-5-3-4-14(20)18(15)23-12-10-19(8-9-19)11-13-23/h3-7,21H,8-13H2,1-2H3. The van der Waals surface area contributed by atoms with Gasteiger partial charge < -0.3 is 9.62 Å². The van der Waals surface area contributed by atoms with Gasteiger partial charge in [-0.1, -0.05) is 6.07 Å². The fourth-order valence-corrected chi connectivity index (χ4v) is 7.02. The number of nitrogens with zero attached hydrogens (tertiary/aromatic N) is 2. The van der Waals surface area contributed by atoms with Crippen LogP contribution in [0.25, 0.3) is 0 Å². The van der Waals surface area contributed by atoms with Crippen LogP contribution in [0.5, 0.6) is 0 Å². The molecule has 0 radical (unpaired) electrons. The molecular formula is C19H24FN3O2S3. The van der Waals surface area contributed by atoms with E-state index in [4.69, 9.17) is 0 Å². The molecule has 5 nitrogen and oxygen atoms in total. The maximum absolute atomic E-state index is 14.6. The minimum Gasteiger partial charge on any atom is -0.367 e. The van der Waals surface area contributed by atoms with Gasteiger partial charge in [0.25, 0.3) is 10.0 Å². The smallest absolute Gasteiger partial charge is 0.252 e. The van der Waals surface area contributed by atoms with Crippen molar-refractivity contribution in [1.29, 1.82) is 0 Å². The number of anilines is 2. The summed E-state index contributed by atoms with van der Waals surface area (Å²) in [5, 5.41) is 0. The number of piperidine rings is 1. The summed E-state index contributed by atoms with van der Waals surface area (Å²) < 4.78 is 44.7. The van der Waals surface area contributed by atoms with Crippen molar-refractivity contribution in [3.8, 4) is 0 Å². The maximum atomic E-state index is 14.6. The molecule has 1 aliphatic heterocycles. The number of sulfonamides is 1. The van der Waals surface area contributed by atoms with Gasteiger partial charge in [0.1, 0.15) is 10.0 Å². The Hall–Kier alpha value is -1.29. The van der Waals surface area contributed by atoms with Gasteiger partial charge >= 0.3 is 0 Å². The molecule has 0 bridgehead atoms. The summed E-state index contributed by atoms with van der Waals surface area (Å²) in [6, 6.07) is 8.45. The van der Waals surface area contributed by atoms with Gasteiger partial charge in [-0.15, -0.1) is 11.3 Å². The monoisotopic (exact) mass is 441 g/mol. The molecule has 152 valence electrons. The molecule has 0 amide bonds. The zero-order chi connectivity index (χ0) is 19.9. The Morgan fingerprint density at radius 1 is 1.14 bits per heavy atom. The highest BCUT2D eigenvalue weighted by Gasteiger charge is 2.44. The molecule has 1 N–H and O–H groups in total. The second kappa shape index (κ2) is 7.51. The van der Waals surface area contributed by atoms with Crippen molar-refractivity contribution < 1.29 is 12.8 Å². The molecule has 1 spiro atoms. The lowest BCUT2D eigenvalue weighted by Gasteiger charge is -2.35. The molecule has 9 heteroatoms. The van der Waals surface area contributed by atoms with E-state index in [9.17, 15) is 12.8 Å². The summed E-state index contributed by atoms with van der Waals surface area (Å²) in [4.78, 5) is 2.14. The second-order valence-corrected chi connectivity index (χ2v) is 12.3. The van der Waals surface area contributed by atoms with E-state index >= 15 is 0 Å². The number of para-hydroxylation sites is 1. The molecule has 1 saturated carbocycles. The van der Waals surface area contributed by atoms with Crippen molar-refractivity contribution >= 4 is 44.7 Å². The molecule has 2 aromatic rings. The zero-order valence-electron chi connectivity index (χ0n) is 15.9. The van der Waals surface area contributed by atoms with E-state index in [-0.39, 0.29) is 5.82 Å². The molecule has 1 aliphatic carbocycles. The first-order valence-electron chi connectivity index (χ1n) is 9.29. The van der Waals surface area contributed by atoms with Crippen LogP contribution < -0.4 is 9.62 Å². The van der Waals surface area contributed by atoms with E-state index in [1.54, 1.807) is 18.2 Å². The molecule has 0 unspecified atom stereocenters. The highest BCUT2D eigenvalue weighted by molar-refractivity contribution is 8.02. The topological polar surface area (TPSA) is 52.7 Å². The van der Waals surface area contributed by atoms with Crippen LogP contribution in [0.3, 0.4) is 0 Å². The molecule has 1 saturated heterocycles. The van der Waals surface area contributed by atoms with Crippen molar-refractivity contribution in [2.24, 2.45) is 5.41 Å². The Morgan fingerprint density at radius 3 is 2.50 bits per heavy atom. The molecular weight excluding hydrogens is 417 g/mol. The number of rotatable bonds is 6. The highest BCUT2D eigenvalue weighted by atomic mass is 32.3. The highest BCUT2D eigenvalue weighted by Crippen LogP contribution is 2.54. The number of halogens is 1. The second-order valence-electron chi connectivity index (χ2n) is 7.69. The van der Waals surface area contributed by atoms with Crippen molar-refractivity contribution in [1.82, 2.24) is 4.31 Å². The predicted octanol–water partition coefficient (Wildman–Crippen LogP) is 4.64. The van der Waals surface area contributed by atoms with E-state index in [1.807, 2.05) is 6.07 Å². The van der Waals surface area contributed by atoms with Gasteiger partial charge in [-0.2, -0.15) is 0 Å². The van der Waals surface area contributed by atoms with Crippen LogP contribution in [0.2, 0.25) is 0 Å². The minimum absolute atomic E-state index is 0.223. The van der Waals surface area contributed by atoms with Crippen LogP contribution >= 0.6 is 23.3 Å². The quantitative estimate of drug-likeness (QED) is 0.662. The molecule has 2 aliphatic rings. The fourth-order valence-electron chi connectivity index (χ4n) is 3.58. The Morgan fingerprint density at radius 2 is 1.86 bits per heavy atom. The summed E-state index contributed by atoms with van der Waals surface area (Å²) in [6.45, 7) is 1.76. The number of nitrogens with one attached hydrogen (secondary N) is 1. The van der Waals surface area contributed by atoms with Crippen LogP contribution in [-0.2, 0) is 10.0 Å². The summed E-state index contributed by atoms with van der Waals surface area (Å²) in [5.74, 6) is -0.223. The predicted molar refractivity (Wildman–Crippen MR) is 114 cm³/mol. The van der Waals surface area contributed by atoms with E-state index in [0.717, 1.165) is 35.8 Å². The summed E-state index contributed by atoms with van der Waals surface area (Å²) in [5.41, 5.74) is 1.88. The lowest BCUT2D eigenvalue weighted by atomic mass is 9.93. The lowest BCUT2D eigenvalue weighted by molar-refractivity contribution is 0.382. The molecule has 2 fully saturated rings. The first kappa shape index (κ1) is 20.0. The third-order valence-electron chi connectivity index (χ3n) is 5.64. The molecule has 28 heavy (non-hydrogen) atoms. The fraction of sp³-hybridized carbons (Fsp3) is 0.474. The zero-order valence-corrected chi connectivity index (χ0v) is 18.4. The van der Waals surface area contributed by atoms with Gasteiger partial charge in [-0.05, 0) is 67.3 Å². The van der Waals surface area contributed by atoms with Crippen LogP contribution in [0.4, 0.5) is 15.8 Å². The average Bonchev–Trinajstić information content (AvgIpc) is 3.23. The summed E-state index contributed by atoms with van der Waals surface area (Å²) in [7, 11) is -0.399. The van der Waals surface area contributed by atoms with E-state index in [1.165, 1.54) is 60.6 Å². The SMILES string of the molecule is CN(C)S(=O)(=O)c1ccc(SNc2cccc(F)c2N2CCC3(CC2)CC3)s1. The lowest BCUT2D eigenvalue weighted by Crippen LogP contribution is -2.35. The van der Waals surface area contributed by atoms with Crippen molar-refractivity contribution in [2.75, 3.05) is 36.8 Å². The van der Waals surface area contributed by atoms with Gasteiger partial charge in [0.2, 0.25) is 0 Å². The molecule has 2 heterocycles. The van der Waals surface area contributed by atoms with Gasteiger partial charge in [-0.25, -0.2) is 17.1 Å². The largest absolute Gasteiger partial charge is 0.367 e. The Kier molecular flexibility index (Phi) is 5.37. The third kappa shape index (κ3) is 3.90. The average molecular weight is 442 g/mol. The Bertz CT molecular complexity index is 961. The first-order valence-corrected chi connectivity index (χ1v) is 12.4. The van der Waals surface area contributed by atoms with Crippen molar-refractivity contribution in [2.45, 2.75) is 34.1 Å². The molecule has 0 atom stereocenters. The Balaban J connectivity index is 1.48. The van der Waals surface area contributed by atoms with Crippen molar-refractivity contribution in [3.05, 3.63) is 36.1 Å². The first-order chi connectivity index (χ1) is 13.3. The normalized spacial score (nSPS) is 18.6. The van der Waals surface area contributed by atoms with Crippen LogP contribution in [0.15, 0.2) is 38.8 Å². The number of thiophene rings is 1. The van der Waals surface area contributed by atoms with Gasteiger partial charge in [0, 0.05) is 27.2 Å². The summed E-state index contributed by atoms with van der Waals surface area (Å²) in [6.07, 6.45) is 4.89. The summed E-state index contributed by atoms with van der Waals surface area (Å²) >= 11 is 2.52. The van der Waals surface area contributed by atoms with Crippen LogP contribution in [-0.4, -0.2) is 39.9 Å².